The van der Waals surface area contributed by atoms with Gasteiger partial charge in [0.25, 0.3) is 0 Å². The van der Waals surface area contributed by atoms with Gasteiger partial charge in [-0.25, -0.2) is 9.98 Å². The van der Waals surface area contributed by atoms with Crippen molar-refractivity contribution in [3.8, 4) is 0 Å². The molecule has 3 rings (SSSR count). The van der Waals surface area contributed by atoms with Gasteiger partial charge in [0.1, 0.15) is 0 Å². The highest BCUT2D eigenvalue weighted by atomic mass is 32.1. The fourth-order valence-corrected chi connectivity index (χ4v) is 4.21. The molecule has 0 radical (unpaired) electrons. The molecule has 2 N–H and O–H groups in total. The van der Waals surface area contributed by atoms with Crippen LogP contribution in [0.5, 0.6) is 0 Å². The molecule has 0 unspecified atom stereocenters. The number of thiazole rings is 1. The van der Waals surface area contributed by atoms with Crippen molar-refractivity contribution in [2.75, 3.05) is 26.2 Å². The molecule has 28 heavy (non-hydrogen) atoms. The summed E-state index contributed by atoms with van der Waals surface area (Å²) in [6.07, 6.45) is 4.95. The van der Waals surface area contributed by atoms with Crippen molar-refractivity contribution in [1.82, 2.24) is 20.5 Å². The molecule has 1 aliphatic heterocycles. The first-order valence-electron chi connectivity index (χ1n) is 10.5. The topological polar surface area (TPSA) is 52.6 Å². The van der Waals surface area contributed by atoms with E-state index in [-0.39, 0.29) is 0 Å². The normalized spacial score (nSPS) is 15.6. The van der Waals surface area contributed by atoms with Crippen LogP contribution in [0.15, 0.2) is 34.6 Å². The summed E-state index contributed by atoms with van der Waals surface area (Å²) in [5, 5.41) is 10.1. The van der Waals surface area contributed by atoms with Crippen molar-refractivity contribution < 1.29 is 0 Å². The van der Waals surface area contributed by atoms with Crippen LogP contribution < -0.4 is 10.6 Å². The Bertz CT molecular complexity index is 749. The molecule has 0 bridgehead atoms. The Hall–Kier alpha value is -1.92. The van der Waals surface area contributed by atoms with Crippen molar-refractivity contribution in [2.45, 2.75) is 52.6 Å². The maximum Gasteiger partial charge on any atom is 0.191 e. The average Bonchev–Trinajstić information content (AvgIpc) is 3.13. The number of benzene rings is 1. The van der Waals surface area contributed by atoms with Crippen LogP contribution in [0.25, 0.3) is 0 Å². The molecule has 1 aromatic heterocycles. The molecular weight excluding hydrogens is 366 g/mol. The van der Waals surface area contributed by atoms with E-state index >= 15 is 0 Å². The van der Waals surface area contributed by atoms with Gasteiger partial charge in [0, 0.05) is 31.4 Å². The van der Waals surface area contributed by atoms with E-state index in [1.54, 1.807) is 11.3 Å². The van der Waals surface area contributed by atoms with Gasteiger partial charge in [-0.05, 0) is 50.9 Å². The van der Waals surface area contributed by atoms with Gasteiger partial charge < -0.3 is 10.6 Å². The number of aliphatic imine (C=N–C) groups is 1. The highest BCUT2D eigenvalue weighted by Crippen LogP contribution is 2.17. The first kappa shape index (κ1) is 20.8. The SMILES string of the molecule is CCNC(=NCc1ccccc1CN1CCCCC1)NCCc1csc(C)n1. The van der Waals surface area contributed by atoms with Gasteiger partial charge in [-0.15, -0.1) is 11.3 Å². The number of nitrogens with one attached hydrogen (secondary N) is 2. The number of aryl methyl sites for hydroxylation is 1. The third-order valence-electron chi connectivity index (χ3n) is 5.05. The third kappa shape index (κ3) is 6.60. The van der Waals surface area contributed by atoms with Crippen molar-refractivity contribution in [3.05, 3.63) is 51.5 Å². The lowest BCUT2D eigenvalue weighted by atomic mass is 10.1. The quantitative estimate of drug-likeness (QED) is 0.524. The molecule has 1 aromatic carbocycles. The molecular formula is C22H33N5S. The van der Waals surface area contributed by atoms with E-state index in [9.17, 15) is 0 Å². The first-order valence-corrected chi connectivity index (χ1v) is 11.3. The molecule has 1 saturated heterocycles. The molecule has 6 heteroatoms. The summed E-state index contributed by atoms with van der Waals surface area (Å²) in [5.41, 5.74) is 3.88. The summed E-state index contributed by atoms with van der Waals surface area (Å²) in [4.78, 5) is 11.9. The Balaban J connectivity index is 1.57. The van der Waals surface area contributed by atoms with Crippen LogP contribution in [0.4, 0.5) is 0 Å². The average molecular weight is 400 g/mol. The summed E-state index contributed by atoms with van der Waals surface area (Å²) in [6.45, 7) is 10.0. The molecule has 1 fully saturated rings. The zero-order valence-electron chi connectivity index (χ0n) is 17.2. The molecule has 2 heterocycles. The third-order valence-corrected chi connectivity index (χ3v) is 5.88. The zero-order chi connectivity index (χ0) is 19.6. The van der Waals surface area contributed by atoms with Crippen LogP contribution in [-0.4, -0.2) is 42.0 Å². The van der Waals surface area contributed by atoms with Crippen molar-refractivity contribution >= 4 is 17.3 Å². The molecule has 1 aliphatic rings. The van der Waals surface area contributed by atoms with Gasteiger partial charge in [-0.2, -0.15) is 0 Å². The Kier molecular flexibility index (Phi) is 8.30. The highest BCUT2D eigenvalue weighted by Gasteiger charge is 2.12. The number of hydrogen-bond acceptors (Lipinski definition) is 4. The van der Waals surface area contributed by atoms with Gasteiger partial charge in [0.15, 0.2) is 5.96 Å². The Morgan fingerprint density at radius 1 is 1.14 bits per heavy atom. The van der Waals surface area contributed by atoms with Gasteiger partial charge in [-0.1, -0.05) is 30.7 Å². The number of rotatable bonds is 8. The summed E-state index contributed by atoms with van der Waals surface area (Å²) in [7, 11) is 0. The van der Waals surface area contributed by atoms with Crippen LogP contribution in [0, 0.1) is 6.92 Å². The summed E-state index contributed by atoms with van der Waals surface area (Å²) in [5.74, 6) is 0.877. The fourth-order valence-electron chi connectivity index (χ4n) is 3.56. The van der Waals surface area contributed by atoms with Crippen LogP contribution in [0.3, 0.4) is 0 Å². The standard InChI is InChI=1S/C22H33N5S/c1-3-23-22(24-12-11-21-17-28-18(2)26-21)25-15-19-9-5-6-10-20(19)16-27-13-7-4-8-14-27/h5-6,9-10,17H,3-4,7-8,11-16H2,1-2H3,(H2,23,24,25). The second kappa shape index (κ2) is 11.2. The van der Waals surface area contributed by atoms with Crippen LogP contribution >= 0.6 is 11.3 Å². The maximum absolute atomic E-state index is 4.83. The number of piperidine rings is 1. The number of aromatic nitrogens is 1. The van der Waals surface area contributed by atoms with Crippen LogP contribution in [-0.2, 0) is 19.5 Å². The molecule has 0 atom stereocenters. The lowest BCUT2D eigenvalue weighted by Gasteiger charge is -2.27. The first-order chi connectivity index (χ1) is 13.7. The Labute approximate surface area is 173 Å². The summed E-state index contributed by atoms with van der Waals surface area (Å²) < 4.78 is 0. The predicted octanol–water partition coefficient (Wildman–Crippen LogP) is 3.74. The largest absolute Gasteiger partial charge is 0.357 e. The maximum atomic E-state index is 4.83. The number of guanidine groups is 1. The highest BCUT2D eigenvalue weighted by molar-refractivity contribution is 7.09. The smallest absolute Gasteiger partial charge is 0.191 e. The fraction of sp³-hybridized carbons (Fsp3) is 0.545. The van der Waals surface area contributed by atoms with E-state index < -0.39 is 0 Å². The van der Waals surface area contributed by atoms with Crippen molar-refractivity contribution in [1.29, 1.82) is 0 Å². The lowest BCUT2D eigenvalue weighted by Crippen LogP contribution is -2.38. The van der Waals surface area contributed by atoms with Crippen LogP contribution in [0.1, 0.15) is 48.0 Å². The van der Waals surface area contributed by atoms with Gasteiger partial charge in [-0.3, -0.25) is 4.90 Å². The van der Waals surface area contributed by atoms with Crippen molar-refractivity contribution in [3.63, 3.8) is 0 Å². The summed E-state index contributed by atoms with van der Waals surface area (Å²) >= 11 is 1.71. The lowest BCUT2D eigenvalue weighted by molar-refractivity contribution is 0.220. The minimum absolute atomic E-state index is 0.704. The number of likely N-dealkylation sites (tertiary alicyclic amines) is 1. The van der Waals surface area contributed by atoms with E-state index in [1.807, 2.05) is 0 Å². The molecule has 152 valence electrons. The van der Waals surface area contributed by atoms with E-state index in [0.717, 1.165) is 42.7 Å². The minimum atomic E-state index is 0.704. The number of hydrogen-bond donors (Lipinski definition) is 2. The molecule has 5 nitrogen and oxygen atoms in total. The molecule has 0 saturated carbocycles. The second-order valence-electron chi connectivity index (χ2n) is 7.34. The molecule has 0 spiro atoms. The van der Waals surface area contributed by atoms with Crippen molar-refractivity contribution in [2.24, 2.45) is 4.99 Å². The zero-order valence-corrected chi connectivity index (χ0v) is 18.0. The van der Waals surface area contributed by atoms with E-state index in [4.69, 9.17) is 4.99 Å². The predicted molar refractivity (Wildman–Crippen MR) is 119 cm³/mol. The van der Waals surface area contributed by atoms with E-state index in [2.05, 4.69) is 64.0 Å². The van der Waals surface area contributed by atoms with E-state index in [1.165, 1.54) is 43.5 Å². The van der Waals surface area contributed by atoms with Gasteiger partial charge in [0.2, 0.25) is 0 Å². The number of nitrogens with zero attached hydrogens (tertiary/aromatic N) is 3. The van der Waals surface area contributed by atoms with E-state index in [0.29, 0.717) is 6.54 Å². The summed E-state index contributed by atoms with van der Waals surface area (Å²) in [6, 6.07) is 8.73. The Morgan fingerprint density at radius 2 is 1.93 bits per heavy atom. The minimum Gasteiger partial charge on any atom is -0.357 e. The monoisotopic (exact) mass is 399 g/mol. The molecule has 0 amide bonds. The molecule has 2 aromatic rings. The Morgan fingerprint density at radius 3 is 2.64 bits per heavy atom. The molecule has 0 aliphatic carbocycles. The van der Waals surface area contributed by atoms with Crippen LogP contribution in [0.2, 0.25) is 0 Å². The second-order valence-corrected chi connectivity index (χ2v) is 8.40. The van der Waals surface area contributed by atoms with Gasteiger partial charge in [0.05, 0.1) is 17.2 Å². The van der Waals surface area contributed by atoms with Gasteiger partial charge >= 0.3 is 0 Å².